The van der Waals surface area contributed by atoms with Crippen LogP contribution >= 0.6 is 11.6 Å². The van der Waals surface area contributed by atoms with Crippen molar-refractivity contribution in [1.29, 1.82) is 0 Å². The van der Waals surface area contributed by atoms with Gasteiger partial charge in [-0.25, -0.2) is 4.99 Å². The number of hydrogen-bond acceptors (Lipinski definition) is 2. The molecular weight excluding hydrogens is 331 g/mol. The maximum atomic E-state index is 12.1. The van der Waals surface area contributed by atoms with E-state index in [0.717, 1.165) is 0 Å². The summed E-state index contributed by atoms with van der Waals surface area (Å²) < 4.78 is 42.1. The standard InChI is InChI=1S/C15H21ClF3N3O/c1-3-20-14(21-9-8-15(17,18)19)22-10-11(2)23-13-6-4-12(16)5-7-13/h4-7,11H,3,8-10H2,1-2H3,(H2,20,21,22). The number of nitrogens with zero attached hydrogens (tertiary/aromatic N) is 1. The monoisotopic (exact) mass is 351 g/mol. The van der Waals surface area contributed by atoms with Gasteiger partial charge in [-0.3, -0.25) is 0 Å². The zero-order valence-electron chi connectivity index (χ0n) is 13.1. The van der Waals surface area contributed by atoms with Gasteiger partial charge in [0.05, 0.1) is 13.0 Å². The first kappa shape index (κ1) is 19.4. The van der Waals surface area contributed by atoms with Crippen LogP contribution in [0.25, 0.3) is 0 Å². The fourth-order valence-electron chi connectivity index (χ4n) is 1.67. The van der Waals surface area contributed by atoms with E-state index < -0.39 is 12.6 Å². The van der Waals surface area contributed by atoms with E-state index in [2.05, 4.69) is 15.6 Å². The third-order valence-corrected chi connectivity index (χ3v) is 2.95. The van der Waals surface area contributed by atoms with E-state index in [4.69, 9.17) is 16.3 Å². The Labute approximate surface area is 139 Å². The molecule has 0 aliphatic carbocycles. The minimum Gasteiger partial charge on any atom is -0.489 e. The third kappa shape index (κ3) is 9.18. The normalized spacial score (nSPS) is 13.6. The highest BCUT2D eigenvalue weighted by molar-refractivity contribution is 6.30. The number of ether oxygens (including phenoxy) is 1. The Hall–Kier alpha value is -1.63. The predicted octanol–water partition coefficient (Wildman–Crippen LogP) is 3.61. The molecule has 0 radical (unpaired) electrons. The summed E-state index contributed by atoms with van der Waals surface area (Å²) in [5.74, 6) is 0.996. The quantitative estimate of drug-likeness (QED) is 0.582. The second-order valence-electron chi connectivity index (χ2n) is 4.89. The molecule has 0 fully saturated rings. The number of guanidine groups is 1. The van der Waals surface area contributed by atoms with Gasteiger partial charge in [-0.1, -0.05) is 11.6 Å². The van der Waals surface area contributed by atoms with Crippen LogP contribution in [0.1, 0.15) is 20.3 Å². The van der Waals surface area contributed by atoms with E-state index in [9.17, 15) is 13.2 Å². The number of halogens is 4. The summed E-state index contributed by atoms with van der Waals surface area (Å²) >= 11 is 5.79. The van der Waals surface area contributed by atoms with Gasteiger partial charge in [0.2, 0.25) is 0 Å². The molecule has 1 aromatic carbocycles. The van der Waals surface area contributed by atoms with Gasteiger partial charge in [-0.2, -0.15) is 13.2 Å². The summed E-state index contributed by atoms with van der Waals surface area (Å²) in [5.41, 5.74) is 0. The Bertz CT molecular complexity index is 492. The lowest BCUT2D eigenvalue weighted by atomic mass is 10.3. The summed E-state index contributed by atoms with van der Waals surface area (Å²) in [4.78, 5) is 4.22. The third-order valence-electron chi connectivity index (χ3n) is 2.70. The molecule has 0 saturated heterocycles. The van der Waals surface area contributed by atoms with Gasteiger partial charge in [-0.05, 0) is 38.1 Å². The Morgan fingerprint density at radius 1 is 1.26 bits per heavy atom. The van der Waals surface area contributed by atoms with Gasteiger partial charge < -0.3 is 15.4 Å². The van der Waals surface area contributed by atoms with Crippen LogP contribution in [0.3, 0.4) is 0 Å². The van der Waals surface area contributed by atoms with Crippen molar-refractivity contribution in [1.82, 2.24) is 10.6 Å². The topological polar surface area (TPSA) is 45.7 Å². The van der Waals surface area contributed by atoms with Crippen molar-refractivity contribution < 1.29 is 17.9 Å². The van der Waals surface area contributed by atoms with Gasteiger partial charge in [0, 0.05) is 18.1 Å². The van der Waals surface area contributed by atoms with Gasteiger partial charge in [0.25, 0.3) is 0 Å². The van der Waals surface area contributed by atoms with Crippen LogP contribution < -0.4 is 15.4 Å². The highest BCUT2D eigenvalue weighted by Gasteiger charge is 2.26. The second-order valence-corrected chi connectivity index (χ2v) is 5.33. The van der Waals surface area contributed by atoms with Crippen LogP contribution in [-0.4, -0.2) is 37.9 Å². The molecule has 0 aliphatic heterocycles. The SMILES string of the molecule is CCNC(=NCC(C)Oc1ccc(Cl)cc1)NCCC(F)(F)F. The number of rotatable bonds is 7. The molecule has 0 spiro atoms. The van der Waals surface area contributed by atoms with E-state index in [1.165, 1.54) is 0 Å². The summed E-state index contributed by atoms with van der Waals surface area (Å²) in [5, 5.41) is 6.16. The lowest BCUT2D eigenvalue weighted by Crippen LogP contribution is -2.39. The molecule has 0 saturated carbocycles. The number of aliphatic imine (C=N–C) groups is 1. The number of benzene rings is 1. The van der Waals surface area contributed by atoms with Crippen LogP contribution in [0.2, 0.25) is 5.02 Å². The van der Waals surface area contributed by atoms with Crippen molar-refractivity contribution in [2.24, 2.45) is 4.99 Å². The first-order valence-corrected chi connectivity index (χ1v) is 7.69. The molecule has 0 aliphatic rings. The predicted molar refractivity (Wildman–Crippen MR) is 86.2 cm³/mol. The minimum absolute atomic E-state index is 0.220. The Morgan fingerprint density at radius 2 is 1.91 bits per heavy atom. The van der Waals surface area contributed by atoms with E-state index in [0.29, 0.717) is 29.8 Å². The van der Waals surface area contributed by atoms with E-state index in [1.54, 1.807) is 24.3 Å². The molecule has 2 N–H and O–H groups in total. The molecule has 8 heteroatoms. The van der Waals surface area contributed by atoms with Crippen molar-refractivity contribution in [2.45, 2.75) is 32.5 Å². The molecule has 0 bridgehead atoms. The van der Waals surface area contributed by atoms with Crippen LogP contribution in [0.15, 0.2) is 29.3 Å². The molecular formula is C15H21ClF3N3O. The summed E-state index contributed by atoms with van der Waals surface area (Å²) in [6.45, 7) is 4.32. The van der Waals surface area contributed by atoms with Gasteiger partial charge >= 0.3 is 6.18 Å². The molecule has 1 unspecified atom stereocenters. The average Bonchev–Trinajstić information content (AvgIpc) is 2.46. The molecule has 4 nitrogen and oxygen atoms in total. The molecule has 1 aromatic rings. The van der Waals surface area contributed by atoms with Gasteiger partial charge in [-0.15, -0.1) is 0 Å². The van der Waals surface area contributed by atoms with Crippen molar-refractivity contribution in [3.05, 3.63) is 29.3 Å². The molecule has 1 rings (SSSR count). The first-order valence-electron chi connectivity index (χ1n) is 7.31. The Kier molecular flexibility index (Phi) is 8.02. The van der Waals surface area contributed by atoms with Gasteiger partial charge in [0.1, 0.15) is 11.9 Å². The van der Waals surface area contributed by atoms with Crippen LogP contribution in [-0.2, 0) is 0 Å². The second kappa shape index (κ2) is 9.50. The lowest BCUT2D eigenvalue weighted by molar-refractivity contribution is -0.132. The maximum absolute atomic E-state index is 12.1. The van der Waals surface area contributed by atoms with E-state index >= 15 is 0 Å². The summed E-state index contributed by atoms with van der Waals surface area (Å²) in [6, 6.07) is 6.93. The molecule has 1 atom stereocenters. The fourth-order valence-corrected chi connectivity index (χ4v) is 1.79. The number of alkyl halides is 3. The lowest BCUT2D eigenvalue weighted by Gasteiger charge is -2.15. The molecule has 0 amide bonds. The van der Waals surface area contributed by atoms with E-state index in [1.807, 2.05) is 13.8 Å². The van der Waals surface area contributed by atoms with Crippen molar-refractivity contribution in [3.8, 4) is 5.75 Å². The van der Waals surface area contributed by atoms with Crippen molar-refractivity contribution in [3.63, 3.8) is 0 Å². The van der Waals surface area contributed by atoms with Crippen LogP contribution in [0, 0.1) is 0 Å². The molecule has 0 aromatic heterocycles. The molecule has 130 valence electrons. The number of nitrogens with one attached hydrogen (secondary N) is 2. The van der Waals surface area contributed by atoms with E-state index in [-0.39, 0.29) is 12.6 Å². The van der Waals surface area contributed by atoms with Crippen molar-refractivity contribution >= 4 is 17.6 Å². The number of hydrogen-bond donors (Lipinski definition) is 2. The fraction of sp³-hybridized carbons (Fsp3) is 0.533. The van der Waals surface area contributed by atoms with Crippen molar-refractivity contribution in [2.75, 3.05) is 19.6 Å². The largest absolute Gasteiger partial charge is 0.489 e. The summed E-state index contributed by atoms with van der Waals surface area (Å²) in [6.07, 6.45) is -5.32. The minimum atomic E-state index is -4.19. The Morgan fingerprint density at radius 3 is 2.48 bits per heavy atom. The van der Waals surface area contributed by atoms with Crippen LogP contribution in [0.5, 0.6) is 5.75 Å². The highest BCUT2D eigenvalue weighted by atomic mass is 35.5. The summed E-state index contributed by atoms with van der Waals surface area (Å²) in [7, 11) is 0. The van der Waals surface area contributed by atoms with Crippen LogP contribution in [0.4, 0.5) is 13.2 Å². The first-order chi connectivity index (χ1) is 10.8. The van der Waals surface area contributed by atoms with Gasteiger partial charge in [0.15, 0.2) is 5.96 Å². The average molecular weight is 352 g/mol. The molecule has 23 heavy (non-hydrogen) atoms. The maximum Gasteiger partial charge on any atom is 0.390 e. The molecule has 0 heterocycles. The zero-order chi connectivity index (χ0) is 17.3. The highest BCUT2D eigenvalue weighted by Crippen LogP contribution is 2.18. The zero-order valence-corrected chi connectivity index (χ0v) is 13.8. The smallest absolute Gasteiger partial charge is 0.390 e. The Balaban J connectivity index is 2.46.